The van der Waals surface area contributed by atoms with Crippen LogP contribution < -0.4 is 0 Å². The van der Waals surface area contributed by atoms with Crippen LogP contribution in [0, 0.1) is 0 Å². The van der Waals surface area contributed by atoms with E-state index in [1.165, 1.54) is 17.4 Å². The Morgan fingerprint density at radius 1 is 1.22 bits per heavy atom. The summed E-state index contributed by atoms with van der Waals surface area (Å²) >= 11 is 1.43. The Morgan fingerprint density at radius 3 is 2.50 bits per heavy atom. The predicted molar refractivity (Wildman–Crippen MR) is 66.6 cm³/mol. The van der Waals surface area contributed by atoms with Crippen LogP contribution in [0.15, 0.2) is 30.5 Å². The van der Waals surface area contributed by atoms with Crippen LogP contribution in [-0.4, -0.2) is 4.98 Å². The Labute approximate surface area is 107 Å². The van der Waals surface area contributed by atoms with Crippen molar-refractivity contribution >= 4 is 11.3 Å². The van der Waals surface area contributed by atoms with Gasteiger partial charge in [-0.15, -0.1) is 11.3 Å². The van der Waals surface area contributed by atoms with Gasteiger partial charge in [0.15, 0.2) is 0 Å². The quantitative estimate of drug-likeness (QED) is 0.753. The number of alkyl halides is 3. The highest BCUT2D eigenvalue weighted by molar-refractivity contribution is 7.15. The van der Waals surface area contributed by atoms with Gasteiger partial charge in [0.2, 0.25) is 0 Å². The van der Waals surface area contributed by atoms with E-state index < -0.39 is 11.7 Å². The molecule has 18 heavy (non-hydrogen) atoms. The van der Waals surface area contributed by atoms with Gasteiger partial charge in [-0.2, -0.15) is 13.2 Å². The SMILES string of the molecule is CC(C)c1cnc(-c2cccc(C(F)(F)F)c2)s1. The summed E-state index contributed by atoms with van der Waals surface area (Å²) in [6.45, 7) is 4.06. The summed E-state index contributed by atoms with van der Waals surface area (Å²) in [7, 11) is 0. The maximum absolute atomic E-state index is 12.6. The van der Waals surface area contributed by atoms with Crippen LogP contribution in [0.4, 0.5) is 13.2 Å². The molecule has 1 nitrogen and oxygen atoms in total. The summed E-state index contributed by atoms with van der Waals surface area (Å²) in [6.07, 6.45) is -2.58. The van der Waals surface area contributed by atoms with Crippen LogP contribution >= 0.6 is 11.3 Å². The molecule has 2 rings (SSSR count). The first-order valence-corrected chi connectivity index (χ1v) is 6.33. The first kappa shape index (κ1) is 13.1. The average molecular weight is 271 g/mol. The highest BCUT2D eigenvalue weighted by Crippen LogP contribution is 2.34. The average Bonchev–Trinajstić information content (AvgIpc) is 2.77. The van der Waals surface area contributed by atoms with Crippen molar-refractivity contribution in [3.63, 3.8) is 0 Å². The second-order valence-electron chi connectivity index (χ2n) is 4.30. The molecule has 0 unspecified atom stereocenters. The third-order valence-electron chi connectivity index (χ3n) is 2.53. The molecule has 0 saturated heterocycles. The Bertz CT molecular complexity index is 543. The smallest absolute Gasteiger partial charge is 0.244 e. The molecule has 0 aliphatic carbocycles. The summed E-state index contributed by atoms with van der Waals surface area (Å²) < 4.78 is 37.8. The van der Waals surface area contributed by atoms with Gasteiger partial charge >= 0.3 is 6.18 Å². The predicted octanol–water partition coefficient (Wildman–Crippen LogP) is 4.95. The minimum Gasteiger partial charge on any atom is -0.244 e. The van der Waals surface area contributed by atoms with Gasteiger partial charge in [-0.25, -0.2) is 4.98 Å². The summed E-state index contributed by atoms with van der Waals surface area (Å²) in [5.74, 6) is 0.335. The normalized spacial score (nSPS) is 12.1. The van der Waals surface area contributed by atoms with Gasteiger partial charge in [0.1, 0.15) is 5.01 Å². The first-order chi connectivity index (χ1) is 8.38. The van der Waals surface area contributed by atoms with Crippen molar-refractivity contribution in [1.82, 2.24) is 4.98 Å². The number of aromatic nitrogens is 1. The van der Waals surface area contributed by atoms with Crippen molar-refractivity contribution in [1.29, 1.82) is 0 Å². The van der Waals surface area contributed by atoms with Gasteiger partial charge in [0.25, 0.3) is 0 Å². The Hall–Kier alpha value is -1.36. The molecule has 0 aliphatic rings. The van der Waals surface area contributed by atoms with E-state index in [1.54, 1.807) is 12.3 Å². The minimum atomic E-state index is -4.31. The molecule has 0 N–H and O–H groups in total. The maximum Gasteiger partial charge on any atom is 0.416 e. The topological polar surface area (TPSA) is 12.9 Å². The maximum atomic E-state index is 12.6. The standard InChI is InChI=1S/C13H12F3NS/c1-8(2)11-7-17-12(18-11)9-4-3-5-10(6-9)13(14,15)16/h3-8H,1-2H3. The highest BCUT2D eigenvalue weighted by atomic mass is 32.1. The van der Waals surface area contributed by atoms with Gasteiger partial charge in [-0.3, -0.25) is 0 Å². The molecule has 0 bridgehead atoms. The zero-order valence-corrected chi connectivity index (χ0v) is 10.8. The second kappa shape index (κ2) is 4.72. The zero-order valence-electron chi connectivity index (χ0n) is 9.95. The van der Waals surface area contributed by atoms with E-state index in [-0.39, 0.29) is 0 Å². The monoisotopic (exact) mass is 271 g/mol. The number of hydrogen-bond acceptors (Lipinski definition) is 2. The molecule has 0 amide bonds. The second-order valence-corrected chi connectivity index (χ2v) is 5.36. The minimum absolute atomic E-state index is 0.335. The molecule has 0 radical (unpaired) electrons. The summed E-state index contributed by atoms with van der Waals surface area (Å²) in [4.78, 5) is 5.25. The van der Waals surface area contributed by atoms with E-state index in [0.29, 0.717) is 16.5 Å². The van der Waals surface area contributed by atoms with Crippen molar-refractivity contribution in [3.05, 3.63) is 40.9 Å². The lowest BCUT2D eigenvalue weighted by molar-refractivity contribution is -0.137. The van der Waals surface area contributed by atoms with Crippen molar-refractivity contribution in [2.75, 3.05) is 0 Å². The molecule has 2 aromatic rings. The molecule has 0 spiro atoms. The van der Waals surface area contributed by atoms with Gasteiger partial charge in [0.05, 0.1) is 5.56 Å². The van der Waals surface area contributed by atoms with Crippen LogP contribution in [0.2, 0.25) is 0 Å². The highest BCUT2D eigenvalue weighted by Gasteiger charge is 2.30. The number of thiazole rings is 1. The fraction of sp³-hybridized carbons (Fsp3) is 0.308. The van der Waals surface area contributed by atoms with E-state index in [2.05, 4.69) is 4.98 Å². The van der Waals surface area contributed by atoms with Crippen molar-refractivity contribution < 1.29 is 13.2 Å². The molecule has 0 aliphatic heterocycles. The molecule has 1 aromatic heterocycles. The van der Waals surface area contributed by atoms with Crippen LogP contribution in [0.25, 0.3) is 10.6 Å². The molecular weight excluding hydrogens is 259 g/mol. The molecule has 0 atom stereocenters. The van der Waals surface area contributed by atoms with E-state index in [0.717, 1.165) is 17.0 Å². The van der Waals surface area contributed by atoms with Crippen molar-refractivity contribution in [3.8, 4) is 10.6 Å². The van der Waals surface area contributed by atoms with E-state index in [9.17, 15) is 13.2 Å². The van der Waals surface area contributed by atoms with Crippen LogP contribution in [0.3, 0.4) is 0 Å². The van der Waals surface area contributed by atoms with E-state index in [4.69, 9.17) is 0 Å². The Balaban J connectivity index is 2.38. The number of hydrogen-bond donors (Lipinski definition) is 0. The third-order valence-corrected chi connectivity index (χ3v) is 3.88. The third kappa shape index (κ3) is 2.72. The summed E-state index contributed by atoms with van der Waals surface area (Å²) in [6, 6.07) is 5.27. The number of benzene rings is 1. The molecule has 1 aromatic carbocycles. The van der Waals surface area contributed by atoms with Gasteiger partial charge in [-0.05, 0) is 18.1 Å². The van der Waals surface area contributed by atoms with Crippen LogP contribution in [-0.2, 0) is 6.18 Å². The fourth-order valence-corrected chi connectivity index (χ4v) is 2.43. The van der Waals surface area contributed by atoms with Crippen LogP contribution in [0.5, 0.6) is 0 Å². The lowest BCUT2D eigenvalue weighted by atomic mass is 10.1. The number of nitrogens with zero attached hydrogens (tertiary/aromatic N) is 1. The summed E-state index contributed by atoms with van der Waals surface area (Å²) in [5, 5.41) is 0.629. The first-order valence-electron chi connectivity index (χ1n) is 5.51. The zero-order chi connectivity index (χ0) is 13.3. The number of rotatable bonds is 2. The molecule has 0 fully saturated rings. The number of halogens is 3. The molecule has 1 heterocycles. The van der Waals surface area contributed by atoms with E-state index in [1.807, 2.05) is 13.8 Å². The van der Waals surface area contributed by atoms with Crippen LogP contribution in [0.1, 0.15) is 30.2 Å². The Morgan fingerprint density at radius 2 is 1.94 bits per heavy atom. The lowest BCUT2D eigenvalue weighted by Crippen LogP contribution is -2.04. The molecule has 0 saturated carbocycles. The van der Waals surface area contributed by atoms with Crippen molar-refractivity contribution in [2.45, 2.75) is 25.9 Å². The van der Waals surface area contributed by atoms with Gasteiger partial charge in [0, 0.05) is 16.6 Å². The van der Waals surface area contributed by atoms with Crippen molar-refractivity contribution in [2.24, 2.45) is 0 Å². The summed E-state index contributed by atoms with van der Waals surface area (Å²) in [5.41, 5.74) is -0.122. The Kier molecular flexibility index (Phi) is 3.43. The largest absolute Gasteiger partial charge is 0.416 e. The van der Waals surface area contributed by atoms with Gasteiger partial charge in [-0.1, -0.05) is 26.0 Å². The fourth-order valence-electron chi connectivity index (χ4n) is 1.52. The van der Waals surface area contributed by atoms with Gasteiger partial charge < -0.3 is 0 Å². The molecular formula is C13H12F3NS. The van der Waals surface area contributed by atoms with E-state index >= 15 is 0 Å². The molecule has 5 heteroatoms. The lowest BCUT2D eigenvalue weighted by Gasteiger charge is -2.07. The molecule has 96 valence electrons.